The van der Waals surface area contributed by atoms with E-state index >= 15 is 0 Å². The second-order valence-corrected chi connectivity index (χ2v) is 6.83. The average molecular weight is 426 g/mol. The van der Waals surface area contributed by atoms with Gasteiger partial charge < -0.3 is 26.7 Å². The number of carboxylic acid groups (broad SMARTS) is 2. The summed E-state index contributed by atoms with van der Waals surface area (Å²) in [7, 11) is 0. The lowest BCUT2D eigenvalue weighted by molar-refractivity contribution is -0.192. The Morgan fingerprint density at radius 1 is 1.21 bits per heavy atom. The summed E-state index contributed by atoms with van der Waals surface area (Å²) in [6.07, 6.45) is -0.741. The van der Waals surface area contributed by atoms with E-state index in [2.05, 4.69) is 29.6 Å². The third-order valence-corrected chi connectivity index (χ3v) is 4.95. The molecule has 1 fully saturated rings. The van der Waals surface area contributed by atoms with Gasteiger partial charge in [-0.1, -0.05) is 26.7 Å². The number of alkyl halides is 3. The van der Waals surface area contributed by atoms with E-state index in [0.29, 0.717) is 18.8 Å². The molecule has 4 unspecified atom stereocenters. The largest absolute Gasteiger partial charge is 0.490 e. The van der Waals surface area contributed by atoms with E-state index in [1.807, 2.05) is 0 Å². The summed E-state index contributed by atoms with van der Waals surface area (Å²) in [5.41, 5.74) is 0. The number of rotatable bonds is 8. The first-order valence-corrected chi connectivity index (χ1v) is 9.16. The van der Waals surface area contributed by atoms with E-state index in [1.165, 1.54) is 13.3 Å². The van der Waals surface area contributed by atoms with E-state index in [-0.39, 0.29) is 23.9 Å². The number of hydrogen-bond donors (Lipinski definition) is 5. The van der Waals surface area contributed by atoms with Gasteiger partial charge in [0.1, 0.15) is 6.34 Å². The molecule has 1 aliphatic carbocycles. The molecule has 29 heavy (non-hydrogen) atoms. The first-order valence-electron chi connectivity index (χ1n) is 9.16. The summed E-state index contributed by atoms with van der Waals surface area (Å²) >= 11 is 0. The van der Waals surface area contributed by atoms with E-state index < -0.39 is 24.0 Å². The van der Waals surface area contributed by atoms with Crippen molar-refractivity contribution in [2.45, 2.75) is 64.7 Å². The van der Waals surface area contributed by atoms with Gasteiger partial charge in [-0.25, -0.2) is 4.79 Å². The van der Waals surface area contributed by atoms with Crippen LogP contribution in [0, 0.1) is 17.8 Å². The van der Waals surface area contributed by atoms with Gasteiger partial charge in [-0.2, -0.15) is 18.3 Å². The molecule has 4 atom stereocenters. The molecule has 0 saturated heterocycles. The van der Waals surface area contributed by atoms with Gasteiger partial charge in [-0.15, -0.1) is 0 Å². The van der Waals surface area contributed by atoms with Gasteiger partial charge in [0.05, 0.1) is 5.92 Å². The second kappa shape index (κ2) is 12.1. The van der Waals surface area contributed by atoms with Crippen molar-refractivity contribution < 1.29 is 37.8 Å². The molecule has 6 N–H and O–H groups in total. The van der Waals surface area contributed by atoms with Gasteiger partial charge in [0, 0.05) is 24.9 Å². The lowest BCUT2D eigenvalue weighted by Crippen LogP contribution is -2.49. The summed E-state index contributed by atoms with van der Waals surface area (Å²) in [6.45, 7) is 5.69. The zero-order valence-electron chi connectivity index (χ0n) is 16.6. The normalized spacial score (nSPS) is 22.7. The van der Waals surface area contributed by atoms with Crippen molar-refractivity contribution in [3.8, 4) is 0 Å². The molecule has 0 bridgehead atoms. The van der Waals surface area contributed by atoms with Crippen LogP contribution in [0.15, 0.2) is 5.10 Å². The van der Waals surface area contributed by atoms with Crippen LogP contribution in [0.4, 0.5) is 13.2 Å². The lowest BCUT2D eigenvalue weighted by Gasteiger charge is -2.34. The van der Waals surface area contributed by atoms with Crippen LogP contribution in [0.25, 0.3) is 0 Å². The predicted molar refractivity (Wildman–Crippen MR) is 98.8 cm³/mol. The molecule has 0 aliphatic heterocycles. The van der Waals surface area contributed by atoms with Crippen molar-refractivity contribution in [3.63, 3.8) is 0 Å². The van der Waals surface area contributed by atoms with Gasteiger partial charge in [-0.3, -0.25) is 9.59 Å². The van der Waals surface area contributed by atoms with Crippen LogP contribution in [0.5, 0.6) is 0 Å². The zero-order chi connectivity index (χ0) is 22.8. The standard InChI is InChI=1S/C15H28N4O3.C2HF3O2/c1-4-10(5-2)14(19-9(3)20)12-6-11(15(21)22)7-13(12)17-8-18-16;3-2(4,5)1(6)7/h8,10-14H,4-7,16H2,1-3H3,(H,17,18)(H,19,20)(H,21,22);(H,6,7). The molecule has 12 heteroatoms. The topological polar surface area (TPSA) is 154 Å². The number of carboxylic acids is 2. The Labute approximate surface area is 166 Å². The molecule has 0 heterocycles. The van der Waals surface area contributed by atoms with Crippen LogP contribution in [-0.2, 0) is 14.4 Å². The molecular formula is C17H29F3N4O5. The Hall–Kier alpha value is -2.53. The van der Waals surface area contributed by atoms with Crippen LogP contribution >= 0.6 is 0 Å². The minimum Gasteiger partial charge on any atom is -0.481 e. The van der Waals surface area contributed by atoms with Crippen LogP contribution in [-0.4, -0.2) is 52.7 Å². The summed E-state index contributed by atoms with van der Waals surface area (Å²) in [4.78, 5) is 31.8. The summed E-state index contributed by atoms with van der Waals surface area (Å²) in [5, 5.41) is 26.0. The van der Waals surface area contributed by atoms with Gasteiger partial charge >= 0.3 is 18.1 Å². The first kappa shape index (κ1) is 26.5. The van der Waals surface area contributed by atoms with E-state index in [9.17, 15) is 27.9 Å². The van der Waals surface area contributed by atoms with Gasteiger partial charge in [0.15, 0.2) is 0 Å². The molecule has 0 spiro atoms. The molecule has 1 rings (SSSR count). The molecule has 1 aliphatic rings. The smallest absolute Gasteiger partial charge is 0.481 e. The Morgan fingerprint density at radius 3 is 2.07 bits per heavy atom. The number of carbonyl (C=O) groups is 3. The fraction of sp³-hybridized carbons (Fsp3) is 0.765. The maximum Gasteiger partial charge on any atom is 0.490 e. The Bertz CT molecular complexity index is 582. The number of nitrogens with zero attached hydrogens (tertiary/aromatic N) is 1. The maximum atomic E-state index is 11.6. The third-order valence-electron chi connectivity index (χ3n) is 4.95. The highest BCUT2D eigenvalue weighted by Crippen LogP contribution is 2.37. The molecule has 0 aromatic carbocycles. The van der Waals surface area contributed by atoms with E-state index in [1.54, 1.807) is 0 Å². The summed E-state index contributed by atoms with van der Waals surface area (Å²) in [6, 6.07) is -0.0913. The Morgan fingerprint density at radius 2 is 1.72 bits per heavy atom. The van der Waals surface area contributed by atoms with Gasteiger partial charge in [0.2, 0.25) is 5.91 Å². The highest BCUT2D eigenvalue weighted by Gasteiger charge is 2.43. The first-order chi connectivity index (χ1) is 13.4. The SMILES string of the molecule is CCC(CC)C(NC(C)=O)C1CC(C(=O)O)CC1NC=NN.O=C(O)C(F)(F)F. The molecule has 9 nitrogen and oxygen atoms in total. The van der Waals surface area contributed by atoms with E-state index in [0.717, 1.165) is 12.8 Å². The van der Waals surface area contributed by atoms with Crippen molar-refractivity contribution in [1.29, 1.82) is 0 Å². The number of aliphatic carboxylic acids is 2. The highest BCUT2D eigenvalue weighted by molar-refractivity contribution is 5.74. The molecule has 0 aromatic rings. The van der Waals surface area contributed by atoms with Crippen molar-refractivity contribution in [3.05, 3.63) is 0 Å². The number of hydrogen-bond acceptors (Lipinski definition) is 5. The Balaban J connectivity index is 0.000000956. The van der Waals surface area contributed by atoms with E-state index in [4.69, 9.17) is 15.7 Å². The Kier molecular flexibility index (Phi) is 11.1. The van der Waals surface area contributed by atoms with Gasteiger partial charge in [0.25, 0.3) is 0 Å². The molecule has 1 saturated carbocycles. The van der Waals surface area contributed by atoms with Crippen LogP contribution in [0.1, 0.15) is 46.5 Å². The number of hydrazone groups is 1. The number of nitrogens with one attached hydrogen (secondary N) is 2. The number of nitrogens with two attached hydrogens (primary N) is 1. The predicted octanol–water partition coefficient (Wildman–Crippen LogP) is 1.53. The quantitative estimate of drug-likeness (QED) is 0.171. The van der Waals surface area contributed by atoms with Crippen LogP contribution in [0.3, 0.4) is 0 Å². The average Bonchev–Trinajstić information content (AvgIpc) is 3.03. The van der Waals surface area contributed by atoms with Crippen molar-refractivity contribution in [2.24, 2.45) is 28.7 Å². The zero-order valence-corrected chi connectivity index (χ0v) is 16.6. The number of halogens is 3. The minimum atomic E-state index is -5.08. The fourth-order valence-electron chi connectivity index (χ4n) is 3.60. The molecule has 1 amide bonds. The lowest BCUT2D eigenvalue weighted by atomic mass is 9.81. The number of carbonyl (C=O) groups excluding carboxylic acids is 1. The molecule has 168 valence electrons. The van der Waals surface area contributed by atoms with Crippen molar-refractivity contribution in [2.75, 3.05) is 0 Å². The summed E-state index contributed by atoms with van der Waals surface area (Å²) in [5.74, 6) is 1.48. The van der Waals surface area contributed by atoms with Gasteiger partial charge in [-0.05, 0) is 18.8 Å². The summed E-state index contributed by atoms with van der Waals surface area (Å²) < 4.78 is 31.7. The van der Waals surface area contributed by atoms with Crippen molar-refractivity contribution >= 4 is 24.2 Å². The van der Waals surface area contributed by atoms with Crippen LogP contribution in [0.2, 0.25) is 0 Å². The molecule has 0 radical (unpaired) electrons. The minimum absolute atomic E-state index is 0.0412. The van der Waals surface area contributed by atoms with Crippen LogP contribution < -0.4 is 16.5 Å². The second-order valence-electron chi connectivity index (χ2n) is 6.83. The monoisotopic (exact) mass is 426 g/mol. The highest BCUT2D eigenvalue weighted by atomic mass is 19.4. The van der Waals surface area contributed by atoms with Crippen molar-refractivity contribution in [1.82, 2.24) is 10.6 Å². The maximum absolute atomic E-state index is 11.6. The molecular weight excluding hydrogens is 397 g/mol. The third kappa shape index (κ3) is 9.01. The fourth-order valence-corrected chi connectivity index (χ4v) is 3.60. The molecule has 0 aromatic heterocycles. The number of amides is 1.